The summed E-state index contributed by atoms with van der Waals surface area (Å²) in [5.74, 6) is 0.482. The van der Waals surface area contributed by atoms with Crippen LogP contribution < -0.4 is 24.8 Å². The number of hydrogen-bond acceptors (Lipinski definition) is 7. The van der Waals surface area contributed by atoms with Crippen molar-refractivity contribution in [2.45, 2.75) is 6.92 Å². The van der Waals surface area contributed by atoms with Crippen LogP contribution in [0.5, 0.6) is 17.2 Å². The summed E-state index contributed by atoms with van der Waals surface area (Å²) in [5.41, 5.74) is 1.29. The molecule has 0 unspecified atom stereocenters. The molecule has 0 saturated heterocycles. The molecule has 2 rings (SSSR count). The third kappa shape index (κ3) is 4.65. The Labute approximate surface area is 166 Å². The highest BCUT2D eigenvalue weighted by atomic mass is 32.1. The number of nitro benzene ring substituents is 1. The molecule has 2 aromatic rings. The predicted molar refractivity (Wildman–Crippen MR) is 108 cm³/mol. The van der Waals surface area contributed by atoms with E-state index in [0.29, 0.717) is 22.9 Å². The molecule has 1 amide bonds. The predicted octanol–water partition coefficient (Wildman–Crippen LogP) is 3.06. The number of carbonyl (C=O) groups excluding carboxylic acids is 1. The lowest BCUT2D eigenvalue weighted by atomic mass is 10.1. The van der Waals surface area contributed by atoms with E-state index in [1.807, 2.05) is 0 Å². The van der Waals surface area contributed by atoms with Gasteiger partial charge in [-0.3, -0.25) is 20.2 Å². The molecular weight excluding hydrogens is 386 g/mol. The molecule has 0 saturated carbocycles. The SMILES string of the molecule is COc1cc(C(=O)NC(=S)Nc2cc([N+](=O)[O-])ccc2C)cc(OC)c1OC. The van der Waals surface area contributed by atoms with E-state index in [-0.39, 0.29) is 16.4 Å². The van der Waals surface area contributed by atoms with Crippen LogP contribution in [0.15, 0.2) is 30.3 Å². The molecule has 0 bridgehead atoms. The Bertz CT molecular complexity index is 907. The van der Waals surface area contributed by atoms with Gasteiger partial charge in [0.2, 0.25) is 5.75 Å². The Morgan fingerprint density at radius 1 is 1.07 bits per heavy atom. The molecule has 0 atom stereocenters. The van der Waals surface area contributed by atoms with Gasteiger partial charge in [0.1, 0.15) is 0 Å². The number of anilines is 1. The average molecular weight is 405 g/mol. The number of amides is 1. The number of aryl methyl sites for hydroxylation is 1. The number of carbonyl (C=O) groups is 1. The molecule has 148 valence electrons. The highest BCUT2D eigenvalue weighted by molar-refractivity contribution is 7.80. The molecule has 0 aliphatic rings. The van der Waals surface area contributed by atoms with Gasteiger partial charge in [-0.1, -0.05) is 6.07 Å². The number of non-ortho nitro benzene ring substituents is 1. The molecule has 2 N–H and O–H groups in total. The van der Waals surface area contributed by atoms with Crippen LogP contribution in [0.3, 0.4) is 0 Å². The largest absolute Gasteiger partial charge is 0.493 e. The van der Waals surface area contributed by atoms with Gasteiger partial charge in [-0.05, 0) is 36.8 Å². The zero-order valence-corrected chi connectivity index (χ0v) is 16.5. The minimum Gasteiger partial charge on any atom is -0.493 e. The third-order valence-electron chi connectivity index (χ3n) is 3.83. The minimum absolute atomic E-state index is 0.0117. The van der Waals surface area contributed by atoms with Gasteiger partial charge >= 0.3 is 0 Å². The van der Waals surface area contributed by atoms with E-state index in [2.05, 4.69) is 10.6 Å². The van der Waals surface area contributed by atoms with Crippen molar-refractivity contribution in [3.05, 3.63) is 51.6 Å². The maximum Gasteiger partial charge on any atom is 0.271 e. The number of ether oxygens (including phenoxy) is 3. The summed E-state index contributed by atoms with van der Waals surface area (Å²) in [6.45, 7) is 1.76. The number of thiocarbonyl (C=S) groups is 1. The third-order valence-corrected chi connectivity index (χ3v) is 4.04. The van der Waals surface area contributed by atoms with Gasteiger partial charge in [0.15, 0.2) is 16.6 Å². The molecule has 0 radical (unpaired) electrons. The number of nitro groups is 1. The van der Waals surface area contributed by atoms with E-state index in [0.717, 1.165) is 5.56 Å². The Hall–Kier alpha value is -3.40. The van der Waals surface area contributed by atoms with Crippen molar-refractivity contribution < 1.29 is 23.9 Å². The minimum atomic E-state index is -0.514. The number of hydrogen-bond donors (Lipinski definition) is 2. The highest BCUT2D eigenvalue weighted by Crippen LogP contribution is 2.38. The molecule has 0 fully saturated rings. The number of nitrogens with one attached hydrogen (secondary N) is 2. The Balaban J connectivity index is 2.20. The monoisotopic (exact) mass is 405 g/mol. The first-order valence-electron chi connectivity index (χ1n) is 7.98. The second-order valence-electron chi connectivity index (χ2n) is 5.58. The molecule has 28 heavy (non-hydrogen) atoms. The summed E-state index contributed by atoms with van der Waals surface area (Å²) in [7, 11) is 4.34. The lowest BCUT2D eigenvalue weighted by Crippen LogP contribution is -2.34. The fraction of sp³-hybridized carbons (Fsp3) is 0.222. The lowest BCUT2D eigenvalue weighted by Gasteiger charge is -2.15. The van der Waals surface area contributed by atoms with Crippen LogP contribution >= 0.6 is 12.2 Å². The molecule has 2 aromatic carbocycles. The van der Waals surface area contributed by atoms with E-state index in [1.165, 1.54) is 45.6 Å². The summed E-state index contributed by atoms with van der Waals surface area (Å²) in [5, 5.41) is 16.2. The molecule has 0 aliphatic carbocycles. The standard InChI is InChI=1S/C18H19N3O6S/c1-10-5-6-12(21(23)24)9-13(10)19-18(28)20-17(22)11-7-14(25-2)16(27-4)15(8-11)26-3/h5-9H,1-4H3,(H2,19,20,22,28). The first-order chi connectivity index (χ1) is 13.3. The molecule has 9 nitrogen and oxygen atoms in total. The van der Waals surface area contributed by atoms with Crippen LogP contribution in [0.2, 0.25) is 0 Å². The Morgan fingerprint density at radius 2 is 1.68 bits per heavy atom. The number of nitrogens with zero attached hydrogens (tertiary/aromatic N) is 1. The second-order valence-corrected chi connectivity index (χ2v) is 5.99. The van der Waals surface area contributed by atoms with Crippen molar-refractivity contribution in [2.75, 3.05) is 26.6 Å². The summed E-state index contributed by atoms with van der Waals surface area (Å²) in [6, 6.07) is 7.28. The normalized spacial score (nSPS) is 10.0. The summed E-state index contributed by atoms with van der Waals surface area (Å²) in [4.78, 5) is 23.0. The second kappa shape index (κ2) is 9.00. The van der Waals surface area contributed by atoms with Crippen LogP contribution in [0, 0.1) is 17.0 Å². The highest BCUT2D eigenvalue weighted by Gasteiger charge is 2.18. The molecule has 0 aromatic heterocycles. The number of rotatable bonds is 6. The van der Waals surface area contributed by atoms with Crippen molar-refractivity contribution in [1.29, 1.82) is 0 Å². The summed E-state index contributed by atoms with van der Waals surface area (Å²) >= 11 is 5.15. The number of benzene rings is 2. The molecule has 0 heterocycles. The topological polar surface area (TPSA) is 112 Å². The van der Waals surface area contributed by atoms with E-state index in [4.69, 9.17) is 26.4 Å². The molecule has 0 aliphatic heterocycles. The van der Waals surface area contributed by atoms with Gasteiger partial charge in [-0.2, -0.15) is 0 Å². The van der Waals surface area contributed by atoms with Crippen molar-refractivity contribution in [3.63, 3.8) is 0 Å². The van der Waals surface area contributed by atoms with Gasteiger partial charge in [0.05, 0.1) is 26.3 Å². The van der Waals surface area contributed by atoms with Crippen molar-refractivity contribution in [3.8, 4) is 17.2 Å². The molecule has 10 heteroatoms. The fourth-order valence-corrected chi connectivity index (χ4v) is 2.60. The van der Waals surface area contributed by atoms with E-state index >= 15 is 0 Å². The molecular formula is C18H19N3O6S. The van der Waals surface area contributed by atoms with Gasteiger partial charge in [0, 0.05) is 23.4 Å². The summed E-state index contributed by atoms with van der Waals surface area (Å²) < 4.78 is 15.7. The van der Waals surface area contributed by atoms with Gasteiger partial charge in [-0.25, -0.2) is 0 Å². The van der Waals surface area contributed by atoms with Gasteiger partial charge in [-0.15, -0.1) is 0 Å². The zero-order chi connectivity index (χ0) is 20.8. The Morgan fingerprint density at radius 3 is 2.18 bits per heavy atom. The molecule has 0 spiro atoms. The van der Waals surface area contributed by atoms with E-state index in [1.54, 1.807) is 13.0 Å². The van der Waals surface area contributed by atoms with Crippen LogP contribution in [-0.2, 0) is 0 Å². The van der Waals surface area contributed by atoms with Crippen LogP contribution in [0.25, 0.3) is 0 Å². The van der Waals surface area contributed by atoms with Gasteiger partial charge < -0.3 is 19.5 Å². The maximum absolute atomic E-state index is 12.5. The average Bonchev–Trinajstić information content (AvgIpc) is 2.67. The summed E-state index contributed by atoms with van der Waals surface area (Å²) in [6.07, 6.45) is 0. The first kappa shape index (κ1) is 20.9. The smallest absolute Gasteiger partial charge is 0.271 e. The van der Waals surface area contributed by atoms with E-state index in [9.17, 15) is 14.9 Å². The maximum atomic E-state index is 12.5. The van der Waals surface area contributed by atoms with Gasteiger partial charge in [0.25, 0.3) is 11.6 Å². The van der Waals surface area contributed by atoms with Crippen molar-refractivity contribution >= 4 is 34.6 Å². The quantitative estimate of drug-likeness (QED) is 0.428. The van der Waals surface area contributed by atoms with E-state index < -0.39 is 10.8 Å². The fourth-order valence-electron chi connectivity index (χ4n) is 2.40. The van der Waals surface area contributed by atoms with Crippen LogP contribution in [-0.4, -0.2) is 37.3 Å². The van der Waals surface area contributed by atoms with Crippen molar-refractivity contribution in [1.82, 2.24) is 5.32 Å². The van der Waals surface area contributed by atoms with Crippen LogP contribution in [0.4, 0.5) is 11.4 Å². The number of methoxy groups -OCH3 is 3. The Kier molecular flexibility index (Phi) is 6.72. The lowest BCUT2D eigenvalue weighted by molar-refractivity contribution is -0.384. The van der Waals surface area contributed by atoms with Crippen LogP contribution in [0.1, 0.15) is 15.9 Å². The zero-order valence-electron chi connectivity index (χ0n) is 15.7. The van der Waals surface area contributed by atoms with Crippen molar-refractivity contribution in [2.24, 2.45) is 0 Å². The first-order valence-corrected chi connectivity index (χ1v) is 8.39.